The van der Waals surface area contributed by atoms with Gasteiger partial charge in [0, 0.05) is 24.2 Å². The van der Waals surface area contributed by atoms with E-state index in [0.717, 1.165) is 24.3 Å². The van der Waals surface area contributed by atoms with Gasteiger partial charge in [-0.3, -0.25) is 4.68 Å². The van der Waals surface area contributed by atoms with E-state index in [1.54, 1.807) is 10.9 Å². The van der Waals surface area contributed by atoms with E-state index < -0.39 is 0 Å². The van der Waals surface area contributed by atoms with Crippen LogP contribution in [0.3, 0.4) is 0 Å². The van der Waals surface area contributed by atoms with Gasteiger partial charge in [0.2, 0.25) is 0 Å². The van der Waals surface area contributed by atoms with Crippen LogP contribution >= 0.6 is 11.6 Å². The van der Waals surface area contributed by atoms with E-state index in [9.17, 15) is 0 Å². The van der Waals surface area contributed by atoms with Crippen molar-refractivity contribution in [3.63, 3.8) is 0 Å². The molecule has 1 N–H and O–H groups in total. The van der Waals surface area contributed by atoms with Crippen LogP contribution in [0.15, 0.2) is 30.6 Å². The molecule has 0 aliphatic heterocycles. The highest BCUT2D eigenvalue weighted by molar-refractivity contribution is 6.31. The molecule has 0 atom stereocenters. The summed E-state index contributed by atoms with van der Waals surface area (Å²) in [5.74, 6) is 1.48. The Labute approximate surface area is 118 Å². The number of hydrogen-bond acceptors (Lipinski definition) is 3. The van der Waals surface area contributed by atoms with Crippen molar-refractivity contribution in [1.29, 1.82) is 0 Å². The highest BCUT2D eigenvalue weighted by Crippen LogP contribution is 2.30. The number of aromatic nitrogens is 2. The average molecular weight is 280 g/mol. The topological polar surface area (TPSA) is 39.1 Å². The molecule has 0 radical (unpaired) electrons. The van der Waals surface area contributed by atoms with Crippen molar-refractivity contribution in [2.45, 2.75) is 19.9 Å². The van der Waals surface area contributed by atoms with Crippen molar-refractivity contribution in [3.8, 4) is 11.5 Å². The normalized spacial score (nSPS) is 10.7. The summed E-state index contributed by atoms with van der Waals surface area (Å²) in [6.45, 7) is 3.79. The van der Waals surface area contributed by atoms with E-state index in [0.29, 0.717) is 17.3 Å². The standard InChI is InChI=1S/C14H18ClN3O/c1-3-7-16-9-12-13(15)5-4-6-14(12)19-11-8-17-18(2)10-11/h4-6,8,10,16H,3,7,9H2,1-2H3. The fourth-order valence-corrected chi connectivity index (χ4v) is 2.01. The largest absolute Gasteiger partial charge is 0.454 e. The second-order valence-corrected chi connectivity index (χ2v) is 4.75. The Bertz CT molecular complexity index is 539. The second-order valence-electron chi connectivity index (χ2n) is 4.35. The SMILES string of the molecule is CCCNCc1c(Cl)cccc1Oc1cnn(C)c1. The molecule has 102 valence electrons. The summed E-state index contributed by atoms with van der Waals surface area (Å²) in [7, 11) is 1.86. The van der Waals surface area contributed by atoms with Gasteiger partial charge in [-0.2, -0.15) is 5.10 Å². The Balaban J connectivity index is 2.16. The number of nitrogens with one attached hydrogen (secondary N) is 1. The van der Waals surface area contributed by atoms with Crippen LogP contribution in [-0.2, 0) is 13.6 Å². The fraction of sp³-hybridized carbons (Fsp3) is 0.357. The maximum atomic E-state index is 6.24. The Morgan fingerprint density at radius 2 is 2.26 bits per heavy atom. The number of nitrogens with zero attached hydrogens (tertiary/aromatic N) is 2. The molecular formula is C14H18ClN3O. The molecule has 0 amide bonds. The number of hydrogen-bond donors (Lipinski definition) is 1. The summed E-state index contributed by atoms with van der Waals surface area (Å²) in [4.78, 5) is 0. The minimum atomic E-state index is 0.698. The highest BCUT2D eigenvalue weighted by atomic mass is 35.5. The van der Waals surface area contributed by atoms with E-state index in [2.05, 4.69) is 17.3 Å². The minimum absolute atomic E-state index is 0.698. The Kier molecular flexibility index (Phi) is 4.82. The van der Waals surface area contributed by atoms with Gasteiger partial charge < -0.3 is 10.1 Å². The van der Waals surface area contributed by atoms with Crippen LogP contribution < -0.4 is 10.1 Å². The molecule has 1 heterocycles. The molecule has 0 saturated heterocycles. The molecule has 0 spiro atoms. The molecule has 0 fully saturated rings. The number of aryl methyl sites for hydroxylation is 1. The lowest BCUT2D eigenvalue weighted by molar-refractivity contribution is 0.472. The maximum Gasteiger partial charge on any atom is 0.165 e. The number of benzene rings is 1. The van der Waals surface area contributed by atoms with Crippen molar-refractivity contribution in [2.24, 2.45) is 7.05 Å². The molecule has 0 unspecified atom stereocenters. The zero-order valence-corrected chi connectivity index (χ0v) is 11.9. The van der Waals surface area contributed by atoms with Crippen molar-refractivity contribution < 1.29 is 4.74 Å². The number of halogens is 1. The number of ether oxygens (including phenoxy) is 1. The van der Waals surface area contributed by atoms with Crippen molar-refractivity contribution in [3.05, 3.63) is 41.2 Å². The van der Waals surface area contributed by atoms with E-state index >= 15 is 0 Å². The predicted octanol–water partition coefficient (Wildman–Crippen LogP) is 3.37. The molecule has 4 nitrogen and oxygen atoms in total. The third kappa shape index (κ3) is 3.72. The smallest absolute Gasteiger partial charge is 0.165 e. The van der Waals surface area contributed by atoms with Gasteiger partial charge in [0.15, 0.2) is 5.75 Å². The molecule has 1 aromatic heterocycles. The summed E-state index contributed by atoms with van der Waals surface area (Å²) < 4.78 is 7.54. The third-order valence-corrected chi connectivity index (χ3v) is 3.07. The zero-order valence-electron chi connectivity index (χ0n) is 11.2. The van der Waals surface area contributed by atoms with E-state index in [-0.39, 0.29) is 0 Å². The van der Waals surface area contributed by atoms with E-state index in [1.165, 1.54) is 0 Å². The quantitative estimate of drug-likeness (QED) is 0.824. The van der Waals surface area contributed by atoms with Gasteiger partial charge in [0.1, 0.15) is 5.75 Å². The highest BCUT2D eigenvalue weighted by Gasteiger charge is 2.09. The Morgan fingerprint density at radius 1 is 1.42 bits per heavy atom. The fourth-order valence-electron chi connectivity index (χ4n) is 1.77. The van der Waals surface area contributed by atoms with Gasteiger partial charge in [-0.25, -0.2) is 0 Å². The van der Waals surface area contributed by atoms with Crippen LogP contribution in [0.4, 0.5) is 0 Å². The van der Waals surface area contributed by atoms with Gasteiger partial charge >= 0.3 is 0 Å². The monoisotopic (exact) mass is 279 g/mol. The van der Waals surface area contributed by atoms with Crippen LogP contribution in [0.25, 0.3) is 0 Å². The molecule has 19 heavy (non-hydrogen) atoms. The van der Waals surface area contributed by atoms with Gasteiger partial charge in [-0.1, -0.05) is 24.6 Å². The molecule has 0 bridgehead atoms. The molecule has 0 aliphatic rings. The summed E-state index contributed by atoms with van der Waals surface area (Å²) in [5.41, 5.74) is 0.974. The molecule has 2 aromatic rings. The summed E-state index contributed by atoms with van der Waals surface area (Å²) in [5, 5.41) is 8.13. The number of rotatable bonds is 6. The lowest BCUT2D eigenvalue weighted by atomic mass is 10.2. The van der Waals surface area contributed by atoms with Crippen LogP contribution in [0.5, 0.6) is 11.5 Å². The first kappa shape index (κ1) is 13.9. The first-order chi connectivity index (χ1) is 9.20. The van der Waals surface area contributed by atoms with Crippen molar-refractivity contribution in [2.75, 3.05) is 6.54 Å². The average Bonchev–Trinajstić information content (AvgIpc) is 2.78. The zero-order chi connectivity index (χ0) is 13.7. The van der Waals surface area contributed by atoms with Crippen LogP contribution in [0, 0.1) is 0 Å². The van der Waals surface area contributed by atoms with Gasteiger partial charge in [-0.05, 0) is 25.1 Å². The van der Waals surface area contributed by atoms with Crippen LogP contribution in [0.2, 0.25) is 5.02 Å². The predicted molar refractivity (Wildman–Crippen MR) is 76.7 cm³/mol. The minimum Gasteiger partial charge on any atom is -0.454 e. The Hall–Kier alpha value is -1.52. The lowest BCUT2D eigenvalue weighted by Crippen LogP contribution is -2.14. The van der Waals surface area contributed by atoms with E-state index in [1.807, 2.05) is 31.4 Å². The first-order valence-electron chi connectivity index (χ1n) is 6.35. The third-order valence-electron chi connectivity index (χ3n) is 2.71. The second kappa shape index (κ2) is 6.59. The molecule has 0 saturated carbocycles. The molecule has 2 rings (SSSR count). The van der Waals surface area contributed by atoms with Gasteiger partial charge in [-0.15, -0.1) is 0 Å². The van der Waals surface area contributed by atoms with Crippen LogP contribution in [-0.4, -0.2) is 16.3 Å². The van der Waals surface area contributed by atoms with Crippen LogP contribution in [0.1, 0.15) is 18.9 Å². The first-order valence-corrected chi connectivity index (χ1v) is 6.73. The maximum absolute atomic E-state index is 6.24. The lowest BCUT2D eigenvalue weighted by Gasteiger charge is -2.12. The molecule has 5 heteroatoms. The summed E-state index contributed by atoms with van der Waals surface area (Å²) in [6, 6.07) is 5.68. The summed E-state index contributed by atoms with van der Waals surface area (Å²) in [6.07, 6.45) is 4.59. The molecular weight excluding hydrogens is 262 g/mol. The molecule has 0 aliphatic carbocycles. The Morgan fingerprint density at radius 3 is 2.95 bits per heavy atom. The van der Waals surface area contributed by atoms with Crippen molar-refractivity contribution in [1.82, 2.24) is 15.1 Å². The van der Waals surface area contributed by atoms with E-state index in [4.69, 9.17) is 16.3 Å². The molecule has 1 aromatic carbocycles. The summed E-state index contributed by atoms with van der Waals surface area (Å²) >= 11 is 6.24. The van der Waals surface area contributed by atoms with Crippen molar-refractivity contribution >= 4 is 11.6 Å². The van der Waals surface area contributed by atoms with Gasteiger partial charge in [0.25, 0.3) is 0 Å². The van der Waals surface area contributed by atoms with Gasteiger partial charge in [0.05, 0.1) is 12.4 Å².